The van der Waals surface area contributed by atoms with Crippen LogP contribution >= 0.6 is 0 Å². The predicted molar refractivity (Wildman–Crippen MR) is 65.2 cm³/mol. The summed E-state index contributed by atoms with van der Waals surface area (Å²) in [5.41, 5.74) is 3.12. The van der Waals surface area contributed by atoms with Gasteiger partial charge in [-0.05, 0) is 30.9 Å². The first-order valence-corrected chi connectivity index (χ1v) is 5.89. The summed E-state index contributed by atoms with van der Waals surface area (Å²) in [6.07, 6.45) is 2.73. The molecule has 15 heavy (non-hydrogen) atoms. The molecule has 1 aromatic carbocycles. The Morgan fingerprint density at radius 2 is 1.93 bits per heavy atom. The van der Waals surface area contributed by atoms with E-state index in [0.717, 1.165) is 12.6 Å². The Bertz CT molecular complexity index is 337. The predicted octanol–water partition coefficient (Wildman–Crippen LogP) is 3.02. The molecule has 0 amide bonds. The third-order valence-electron chi connectivity index (χ3n) is 3.28. The van der Waals surface area contributed by atoms with E-state index in [1.807, 2.05) is 0 Å². The van der Waals surface area contributed by atoms with Gasteiger partial charge in [0.05, 0.1) is 0 Å². The molecule has 0 unspecified atom stereocenters. The molecule has 0 spiro atoms. The summed E-state index contributed by atoms with van der Waals surface area (Å²) in [5.74, 6) is 0. The second kappa shape index (κ2) is 3.97. The molecule has 1 aliphatic carbocycles. The van der Waals surface area contributed by atoms with Crippen molar-refractivity contribution in [2.24, 2.45) is 0 Å². The van der Waals surface area contributed by atoms with Gasteiger partial charge >= 0.3 is 0 Å². The van der Waals surface area contributed by atoms with E-state index < -0.39 is 0 Å². The minimum absolute atomic E-state index is 0.244. The van der Waals surface area contributed by atoms with Crippen molar-refractivity contribution in [1.82, 2.24) is 5.32 Å². The summed E-state index contributed by atoms with van der Waals surface area (Å²) in [6.45, 7) is 7.94. The highest BCUT2D eigenvalue weighted by molar-refractivity contribution is 5.32. The summed E-state index contributed by atoms with van der Waals surface area (Å²) >= 11 is 0. The van der Waals surface area contributed by atoms with Crippen LogP contribution in [0.2, 0.25) is 0 Å². The summed E-state index contributed by atoms with van der Waals surface area (Å²) in [5, 5.41) is 3.62. The molecule has 0 saturated heterocycles. The Kier molecular flexibility index (Phi) is 2.83. The second-order valence-electron chi connectivity index (χ2n) is 5.35. The highest BCUT2D eigenvalue weighted by atomic mass is 15.0. The van der Waals surface area contributed by atoms with Crippen LogP contribution in [-0.2, 0) is 5.41 Å². The molecular formula is C14H21N. The monoisotopic (exact) mass is 203 g/mol. The van der Waals surface area contributed by atoms with Crippen LogP contribution in [0.5, 0.6) is 0 Å². The zero-order valence-corrected chi connectivity index (χ0v) is 10.0. The number of aryl methyl sites for hydroxylation is 1. The van der Waals surface area contributed by atoms with Crippen molar-refractivity contribution < 1.29 is 0 Å². The number of nitrogens with one attached hydrogen (secondary N) is 1. The number of rotatable bonds is 4. The maximum absolute atomic E-state index is 3.62. The normalized spacial score (nSPS) is 16.7. The first-order valence-electron chi connectivity index (χ1n) is 5.89. The minimum Gasteiger partial charge on any atom is -0.313 e. The average molecular weight is 203 g/mol. The number of benzene rings is 1. The van der Waals surface area contributed by atoms with Gasteiger partial charge in [0.15, 0.2) is 0 Å². The van der Waals surface area contributed by atoms with Crippen molar-refractivity contribution in [1.29, 1.82) is 0 Å². The molecule has 2 rings (SSSR count). The van der Waals surface area contributed by atoms with Crippen molar-refractivity contribution in [3.63, 3.8) is 0 Å². The van der Waals surface area contributed by atoms with E-state index in [1.165, 1.54) is 24.0 Å². The van der Waals surface area contributed by atoms with Gasteiger partial charge in [-0.2, -0.15) is 0 Å². The van der Waals surface area contributed by atoms with E-state index in [4.69, 9.17) is 0 Å². The van der Waals surface area contributed by atoms with Crippen LogP contribution < -0.4 is 5.32 Å². The molecule has 1 aromatic rings. The fraction of sp³-hybridized carbons (Fsp3) is 0.571. The van der Waals surface area contributed by atoms with Crippen LogP contribution in [0.15, 0.2) is 24.3 Å². The molecule has 1 aliphatic rings. The molecule has 1 fully saturated rings. The van der Waals surface area contributed by atoms with Crippen molar-refractivity contribution in [2.45, 2.75) is 45.1 Å². The van der Waals surface area contributed by atoms with E-state index >= 15 is 0 Å². The zero-order chi connectivity index (χ0) is 10.9. The standard InChI is InChI=1S/C14H21N/c1-11-6-4-5-7-13(11)14(2,3)10-15-12-8-9-12/h4-7,12,15H,8-10H2,1-3H3. The first-order chi connectivity index (χ1) is 7.09. The lowest BCUT2D eigenvalue weighted by molar-refractivity contribution is 0.465. The van der Waals surface area contributed by atoms with Crippen LogP contribution in [0, 0.1) is 6.92 Å². The van der Waals surface area contributed by atoms with Crippen molar-refractivity contribution in [3.8, 4) is 0 Å². The van der Waals surface area contributed by atoms with Gasteiger partial charge in [0.1, 0.15) is 0 Å². The molecule has 0 radical (unpaired) electrons. The fourth-order valence-electron chi connectivity index (χ4n) is 2.11. The molecule has 1 nitrogen and oxygen atoms in total. The zero-order valence-electron chi connectivity index (χ0n) is 10.0. The van der Waals surface area contributed by atoms with Gasteiger partial charge in [0, 0.05) is 18.0 Å². The summed E-state index contributed by atoms with van der Waals surface area (Å²) in [6, 6.07) is 9.51. The Hall–Kier alpha value is -0.820. The summed E-state index contributed by atoms with van der Waals surface area (Å²) in [7, 11) is 0. The van der Waals surface area contributed by atoms with Crippen molar-refractivity contribution in [3.05, 3.63) is 35.4 Å². The Balaban J connectivity index is 2.08. The van der Waals surface area contributed by atoms with Crippen LogP contribution in [0.1, 0.15) is 37.8 Å². The van der Waals surface area contributed by atoms with Gasteiger partial charge in [0.25, 0.3) is 0 Å². The van der Waals surface area contributed by atoms with E-state index in [0.29, 0.717) is 0 Å². The van der Waals surface area contributed by atoms with E-state index in [1.54, 1.807) is 0 Å². The maximum Gasteiger partial charge on any atom is 0.00685 e. The first kappa shape index (κ1) is 10.7. The summed E-state index contributed by atoms with van der Waals surface area (Å²) < 4.78 is 0. The molecule has 1 N–H and O–H groups in total. The number of hydrogen-bond acceptors (Lipinski definition) is 1. The highest BCUT2D eigenvalue weighted by Gasteiger charge is 2.27. The molecular weight excluding hydrogens is 182 g/mol. The average Bonchev–Trinajstić information content (AvgIpc) is 2.99. The largest absolute Gasteiger partial charge is 0.313 e. The third kappa shape index (κ3) is 2.60. The molecule has 82 valence electrons. The Morgan fingerprint density at radius 3 is 2.53 bits per heavy atom. The lowest BCUT2D eigenvalue weighted by Gasteiger charge is -2.27. The quantitative estimate of drug-likeness (QED) is 0.793. The molecule has 0 aliphatic heterocycles. The molecule has 0 bridgehead atoms. The van der Waals surface area contributed by atoms with Crippen LogP contribution in [0.3, 0.4) is 0 Å². The summed E-state index contributed by atoms with van der Waals surface area (Å²) in [4.78, 5) is 0. The maximum atomic E-state index is 3.62. The molecule has 0 aromatic heterocycles. The Morgan fingerprint density at radius 1 is 1.27 bits per heavy atom. The lowest BCUT2D eigenvalue weighted by Crippen LogP contribution is -2.34. The van der Waals surface area contributed by atoms with Crippen LogP contribution in [0.25, 0.3) is 0 Å². The van der Waals surface area contributed by atoms with Gasteiger partial charge in [-0.15, -0.1) is 0 Å². The highest BCUT2D eigenvalue weighted by Crippen LogP contribution is 2.27. The third-order valence-corrected chi connectivity index (χ3v) is 3.28. The van der Waals surface area contributed by atoms with Crippen LogP contribution in [-0.4, -0.2) is 12.6 Å². The van der Waals surface area contributed by atoms with Gasteiger partial charge in [0.2, 0.25) is 0 Å². The van der Waals surface area contributed by atoms with Gasteiger partial charge in [-0.3, -0.25) is 0 Å². The van der Waals surface area contributed by atoms with Gasteiger partial charge in [-0.25, -0.2) is 0 Å². The minimum atomic E-state index is 0.244. The molecule has 1 heteroatoms. The SMILES string of the molecule is Cc1ccccc1C(C)(C)CNC1CC1. The van der Waals surface area contributed by atoms with Gasteiger partial charge in [-0.1, -0.05) is 38.1 Å². The van der Waals surface area contributed by atoms with E-state index in [9.17, 15) is 0 Å². The van der Waals surface area contributed by atoms with E-state index in [-0.39, 0.29) is 5.41 Å². The van der Waals surface area contributed by atoms with E-state index in [2.05, 4.69) is 50.4 Å². The molecule has 0 heterocycles. The second-order valence-corrected chi connectivity index (χ2v) is 5.35. The fourth-order valence-corrected chi connectivity index (χ4v) is 2.11. The van der Waals surface area contributed by atoms with Crippen molar-refractivity contribution in [2.75, 3.05) is 6.54 Å². The van der Waals surface area contributed by atoms with Crippen molar-refractivity contribution >= 4 is 0 Å². The van der Waals surface area contributed by atoms with Gasteiger partial charge < -0.3 is 5.32 Å². The smallest absolute Gasteiger partial charge is 0.00685 e. The molecule has 0 atom stereocenters. The lowest BCUT2D eigenvalue weighted by atomic mass is 9.82. The number of hydrogen-bond donors (Lipinski definition) is 1. The van der Waals surface area contributed by atoms with Crippen LogP contribution in [0.4, 0.5) is 0 Å². The topological polar surface area (TPSA) is 12.0 Å². The Labute approximate surface area is 92.9 Å². The molecule has 1 saturated carbocycles.